The summed E-state index contributed by atoms with van der Waals surface area (Å²) in [7, 11) is 0. The Morgan fingerprint density at radius 2 is 1.33 bits per heavy atom. The molecular weight excluding hydrogens is 869 g/mol. The average molecular weight is 943 g/mol. The largest absolute Gasteiger partial charge is 0.449 e. The van der Waals surface area contributed by atoms with Crippen LogP contribution in [-0.4, -0.2) is 77.8 Å². The van der Waals surface area contributed by atoms with Gasteiger partial charge in [0.2, 0.25) is 11.8 Å². The third-order valence-electron chi connectivity index (χ3n) is 11.8. The van der Waals surface area contributed by atoms with Crippen LogP contribution in [0.1, 0.15) is 149 Å². The molecule has 0 bridgehead atoms. The van der Waals surface area contributed by atoms with Crippen molar-refractivity contribution in [2.24, 2.45) is 23.7 Å². The van der Waals surface area contributed by atoms with Gasteiger partial charge in [0.05, 0.1) is 18.8 Å². The Hall–Kier alpha value is -6.16. The van der Waals surface area contributed by atoms with Crippen molar-refractivity contribution in [1.82, 2.24) is 15.5 Å². The van der Waals surface area contributed by atoms with Crippen molar-refractivity contribution in [3.63, 3.8) is 0 Å². The number of ether oxygens (including phenoxy) is 2. The number of nitrogens with zero attached hydrogens (tertiary/aromatic N) is 2. The number of rotatable bonds is 13. The molecule has 2 unspecified atom stereocenters. The summed E-state index contributed by atoms with van der Waals surface area (Å²) in [5, 5.41) is 5.54. The first-order chi connectivity index (χ1) is 33.0. The number of alkyl carbamates (subject to hydrolysis) is 1. The van der Waals surface area contributed by atoms with Crippen LogP contribution in [-0.2, 0) is 40.0 Å². The molecule has 1 saturated carbocycles. The van der Waals surface area contributed by atoms with Gasteiger partial charge in [-0.2, -0.15) is 0 Å². The van der Waals surface area contributed by atoms with E-state index in [1.165, 1.54) is 42.7 Å². The lowest BCUT2D eigenvalue weighted by Gasteiger charge is -2.26. The molecule has 7 rings (SSSR count). The van der Waals surface area contributed by atoms with Gasteiger partial charge in [0.15, 0.2) is 0 Å². The number of benzene rings is 2. The number of anilines is 1. The Morgan fingerprint density at radius 3 is 1.96 bits per heavy atom. The van der Waals surface area contributed by atoms with E-state index in [2.05, 4.69) is 46.2 Å². The molecule has 3 aliphatic carbocycles. The highest BCUT2D eigenvalue weighted by molar-refractivity contribution is 6.13. The van der Waals surface area contributed by atoms with E-state index in [-0.39, 0.29) is 72.8 Å². The minimum Gasteiger partial charge on any atom is -0.449 e. The topological polar surface area (TPSA) is 151 Å². The Balaban J connectivity index is 0.000000211. The number of carbonyl (C=O) groups excluding carboxylic acids is 6. The molecule has 2 aliphatic heterocycles. The summed E-state index contributed by atoms with van der Waals surface area (Å²) < 4.78 is 10.8. The highest BCUT2D eigenvalue weighted by Gasteiger charge is 2.49. The normalized spacial score (nSPS) is 19.5. The average Bonchev–Trinajstić information content (AvgIpc) is 3.78. The van der Waals surface area contributed by atoms with Crippen LogP contribution in [0.4, 0.5) is 10.5 Å². The fourth-order valence-corrected chi connectivity index (χ4v) is 8.44. The van der Waals surface area contributed by atoms with E-state index < -0.39 is 0 Å². The monoisotopic (exact) mass is 943 g/mol. The second-order valence-electron chi connectivity index (χ2n) is 19.3. The quantitative estimate of drug-likeness (QED) is 0.149. The molecule has 2 heterocycles. The minimum absolute atomic E-state index is 0.0324. The first-order valence-corrected chi connectivity index (χ1v) is 24.9. The van der Waals surface area contributed by atoms with E-state index in [1.54, 1.807) is 4.90 Å². The zero-order valence-corrected chi connectivity index (χ0v) is 42.2. The maximum absolute atomic E-state index is 13.0. The second kappa shape index (κ2) is 29.0. The van der Waals surface area contributed by atoms with Crippen molar-refractivity contribution in [1.29, 1.82) is 0 Å². The van der Waals surface area contributed by atoms with Gasteiger partial charge in [-0.05, 0) is 121 Å². The zero-order valence-electron chi connectivity index (χ0n) is 42.2. The maximum Gasteiger partial charge on any atom is 0.407 e. The lowest BCUT2D eigenvalue weighted by Crippen LogP contribution is -2.36. The number of hydrogen-bond donors (Lipinski definition) is 2. The molecule has 2 N–H and O–H groups in total. The van der Waals surface area contributed by atoms with Crippen LogP contribution in [0.2, 0.25) is 0 Å². The smallest absolute Gasteiger partial charge is 0.407 e. The molecule has 0 saturated heterocycles. The molecule has 12 heteroatoms. The minimum atomic E-state index is -0.282. The summed E-state index contributed by atoms with van der Waals surface area (Å²) in [6.07, 6.45) is 13.1. The summed E-state index contributed by atoms with van der Waals surface area (Å²) in [5.74, 6) is 21.0. The lowest BCUT2D eigenvalue weighted by atomic mass is 10.0. The van der Waals surface area contributed by atoms with Crippen molar-refractivity contribution in [2.75, 3.05) is 18.1 Å². The molecule has 4 atom stereocenters. The molecule has 1 fully saturated rings. The number of para-hydroxylation sites is 1. The Bertz CT molecular complexity index is 2260. The summed E-state index contributed by atoms with van der Waals surface area (Å²) >= 11 is 0. The molecule has 69 heavy (non-hydrogen) atoms. The van der Waals surface area contributed by atoms with E-state index in [1.807, 2.05) is 104 Å². The van der Waals surface area contributed by atoms with Crippen LogP contribution < -0.4 is 15.5 Å². The first kappa shape index (κ1) is 55.4. The van der Waals surface area contributed by atoms with E-state index in [0.29, 0.717) is 37.8 Å². The lowest BCUT2D eigenvalue weighted by molar-refractivity contribution is -0.138. The Morgan fingerprint density at radius 1 is 0.710 bits per heavy atom. The number of amides is 5. The second-order valence-corrected chi connectivity index (χ2v) is 19.3. The Kier molecular flexibility index (Phi) is 23.3. The van der Waals surface area contributed by atoms with E-state index in [0.717, 1.165) is 66.3 Å². The fourth-order valence-electron chi connectivity index (χ4n) is 8.44. The molecule has 0 radical (unpaired) electrons. The van der Waals surface area contributed by atoms with Crippen molar-refractivity contribution in [2.45, 2.75) is 163 Å². The summed E-state index contributed by atoms with van der Waals surface area (Å²) in [4.78, 5) is 72.4. The predicted octanol–water partition coefficient (Wildman–Crippen LogP) is 9.07. The molecule has 12 nitrogen and oxygen atoms in total. The third-order valence-corrected chi connectivity index (χ3v) is 11.8. The summed E-state index contributed by atoms with van der Waals surface area (Å²) in [6.45, 7) is 16.6. The van der Waals surface area contributed by atoms with Crippen molar-refractivity contribution < 1.29 is 38.2 Å². The molecule has 370 valence electrons. The third kappa shape index (κ3) is 19.8. The van der Waals surface area contributed by atoms with Crippen LogP contribution in [0.5, 0.6) is 0 Å². The number of nitrogens with one attached hydrogen (secondary N) is 2. The van der Waals surface area contributed by atoms with Crippen LogP contribution >= 0.6 is 0 Å². The van der Waals surface area contributed by atoms with Crippen molar-refractivity contribution in [3.05, 3.63) is 77.4 Å². The number of carbonyl (C=O) groups is 6. The zero-order chi connectivity index (χ0) is 50.3. The fraction of sp³-hybridized carbons (Fsp3) is 0.544. The summed E-state index contributed by atoms with van der Waals surface area (Å²) in [6, 6.07) is 15.9. The van der Waals surface area contributed by atoms with Gasteiger partial charge in [0.25, 0.3) is 11.8 Å². The van der Waals surface area contributed by atoms with Crippen molar-refractivity contribution >= 4 is 41.2 Å². The highest BCUT2D eigenvalue weighted by Crippen LogP contribution is 2.52. The number of imide groups is 1. The van der Waals surface area contributed by atoms with E-state index in [9.17, 15) is 28.8 Å². The Labute approximate surface area is 411 Å². The molecule has 0 spiro atoms. The van der Waals surface area contributed by atoms with Gasteiger partial charge in [-0.25, -0.2) is 4.79 Å². The molecule has 5 aliphatic rings. The van der Waals surface area contributed by atoms with Crippen LogP contribution in [0.25, 0.3) is 0 Å². The van der Waals surface area contributed by atoms with Gasteiger partial charge < -0.3 is 25.0 Å². The maximum atomic E-state index is 13.0. The van der Waals surface area contributed by atoms with E-state index in [4.69, 9.17) is 9.47 Å². The van der Waals surface area contributed by atoms with Gasteiger partial charge in [0.1, 0.15) is 18.5 Å². The predicted molar refractivity (Wildman–Crippen MR) is 270 cm³/mol. The number of ketones is 1. The standard InChI is InChI=1S/C23H23NO2.C14H21NO2.C13H21NO2.C7H9NO2/c1-17(2)15-21(25)13-14-23(26)24-16-20-9-4-3-7-18(20)11-12-19-8-5-6-10-22(19)24;1-10(2)15-14(16)17-9-13-11-7-5-3-4-6-8-12(11)13;1-11(2)14-13(15)10-16-12-8-6-4-3-5-7-9-12;1-5(2)8-6(9)3-4-7(8)10/h3-10,17H,13-16H2,1-2H3;10-13H,5-9H2,1-2H3,(H,15,16);11-12H,3-6,8,10H2,1-2H3,(H,14,15);3-5H,1-2H3/t;11-,12+,13?;;. The van der Waals surface area contributed by atoms with Gasteiger partial charge in [0, 0.05) is 79.9 Å². The van der Waals surface area contributed by atoms with Crippen LogP contribution in [0.15, 0.2) is 60.7 Å². The first-order valence-electron chi connectivity index (χ1n) is 24.9. The SMILES string of the molecule is CC(C)CC(=O)CCC(=O)N1Cc2ccccc2C#Cc2ccccc21.CC(C)N1C(=O)C=CC1=O.CC(C)NC(=O)COC1C#CCCCCC1.CC(C)NC(=O)OCC1[C@H]2CCC#CCC[C@@H]12. The molecule has 2 aromatic rings. The van der Waals surface area contributed by atoms with Crippen LogP contribution in [0, 0.1) is 59.2 Å². The van der Waals surface area contributed by atoms with Crippen LogP contribution in [0.3, 0.4) is 0 Å². The van der Waals surface area contributed by atoms with Crippen molar-refractivity contribution in [3.8, 4) is 35.5 Å². The number of hydrogen-bond acceptors (Lipinski definition) is 8. The number of fused-ring (bicyclic) bond motifs is 3. The molecule has 0 aromatic heterocycles. The van der Waals surface area contributed by atoms with Gasteiger partial charge in [-0.3, -0.25) is 28.9 Å². The highest BCUT2D eigenvalue weighted by atomic mass is 16.5. The summed E-state index contributed by atoms with van der Waals surface area (Å²) in [5.41, 5.74) is 3.62. The number of Topliss-reactive ketones (excluding diaryl/α,β-unsaturated/α-hetero) is 1. The molecule has 2 aromatic carbocycles. The molecular formula is C57H74N4O8. The van der Waals surface area contributed by atoms with Gasteiger partial charge >= 0.3 is 6.09 Å². The van der Waals surface area contributed by atoms with E-state index >= 15 is 0 Å². The van der Waals surface area contributed by atoms with Gasteiger partial charge in [-0.15, -0.1) is 17.8 Å². The molecule has 5 amide bonds. The van der Waals surface area contributed by atoms with Gasteiger partial charge in [-0.1, -0.05) is 68.4 Å².